The third kappa shape index (κ3) is 4.06. The quantitative estimate of drug-likeness (QED) is 0.838. The van der Waals surface area contributed by atoms with Crippen molar-refractivity contribution in [3.63, 3.8) is 0 Å². The van der Waals surface area contributed by atoms with Crippen molar-refractivity contribution in [3.8, 4) is 11.8 Å². The van der Waals surface area contributed by atoms with E-state index in [2.05, 4.69) is 22.1 Å². The van der Waals surface area contributed by atoms with Gasteiger partial charge in [-0.15, -0.1) is 0 Å². The molecular weight excluding hydrogens is 286 g/mol. The second kappa shape index (κ2) is 6.89. The van der Waals surface area contributed by atoms with E-state index >= 15 is 0 Å². The van der Waals surface area contributed by atoms with Gasteiger partial charge in [-0.05, 0) is 36.8 Å². The van der Waals surface area contributed by atoms with E-state index in [0.717, 1.165) is 5.56 Å². The predicted octanol–water partition coefficient (Wildman–Crippen LogP) is 2.61. The Morgan fingerprint density at radius 3 is 2.86 bits per heavy atom. The number of pyridine rings is 1. The number of carbonyl (C=O) groups is 1. The average molecular weight is 300 g/mol. The molecule has 106 valence electrons. The van der Waals surface area contributed by atoms with Crippen molar-refractivity contribution in [2.45, 2.75) is 6.92 Å². The topological polar surface area (TPSA) is 68.0 Å². The number of benzene rings is 1. The van der Waals surface area contributed by atoms with Crippen LogP contribution in [-0.2, 0) is 0 Å². The Balaban J connectivity index is 2.18. The van der Waals surface area contributed by atoms with E-state index in [1.807, 2.05) is 13.0 Å². The summed E-state index contributed by atoms with van der Waals surface area (Å²) in [7, 11) is 0. The smallest absolute Gasteiger partial charge is 0.255 e. The zero-order valence-electron chi connectivity index (χ0n) is 11.5. The number of nitrogens with zero attached hydrogens (tertiary/aromatic N) is 1. The first-order valence-corrected chi connectivity index (χ1v) is 6.69. The normalized spacial score (nSPS) is 9.67. The first-order chi connectivity index (χ1) is 10.1. The molecule has 1 amide bonds. The SMILES string of the molecule is Cc1cncc(NC(=O)c2ccc(C#CCN)c(Cl)c2)c1. The average Bonchev–Trinajstić information content (AvgIpc) is 2.46. The van der Waals surface area contributed by atoms with Crippen LogP contribution >= 0.6 is 11.6 Å². The van der Waals surface area contributed by atoms with Crippen LogP contribution in [0.3, 0.4) is 0 Å². The van der Waals surface area contributed by atoms with Crippen LogP contribution in [0, 0.1) is 18.8 Å². The summed E-state index contributed by atoms with van der Waals surface area (Å²) in [6.07, 6.45) is 3.31. The van der Waals surface area contributed by atoms with Gasteiger partial charge in [0.25, 0.3) is 5.91 Å². The number of aryl methyl sites for hydroxylation is 1. The Hall–Kier alpha value is -2.35. The molecule has 0 atom stereocenters. The molecule has 1 aromatic carbocycles. The minimum Gasteiger partial charge on any atom is -0.321 e. The highest BCUT2D eigenvalue weighted by molar-refractivity contribution is 6.32. The van der Waals surface area contributed by atoms with Crippen LogP contribution in [0.15, 0.2) is 36.7 Å². The molecule has 0 aliphatic carbocycles. The van der Waals surface area contributed by atoms with Crippen LogP contribution in [0.4, 0.5) is 5.69 Å². The van der Waals surface area contributed by atoms with Crippen LogP contribution in [-0.4, -0.2) is 17.4 Å². The van der Waals surface area contributed by atoms with E-state index in [-0.39, 0.29) is 12.5 Å². The summed E-state index contributed by atoms with van der Waals surface area (Å²) in [6.45, 7) is 2.17. The zero-order valence-corrected chi connectivity index (χ0v) is 12.2. The third-order valence-electron chi connectivity index (χ3n) is 2.69. The van der Waals surface area contributed by atoms with Crippen molar-refractivity contribution in [3.05, 3.63) is 58.4 Å². The highest BCUT2D eigenvalue weighted by atomic mass is 35.5. The third-order valence-corrected chi connectivity index (χ3v) is 3.00. The summed E-state index contributed by atoms with van der Waals surface area (Å²) < 4.78 is 0. The van der Waals surface area contributed by atoms with Crippen LogP contribution in [0.5, 0.6) is 0 Å². The summed E-state index contributed by atoms with van der Waals surface area (Å²) in [4.78, 5) is 16.2. The number of rotatable bonds is 2. The molecule has 0 fully saturated rings. The first-order valence-electron chi connectivity index (χ1n) is 6.31. The monoisotopic (exact) mass is 299 g/mol. The van der Waals surface area contributed by atoms with Gasteiger partial charge in [0.05, 0.1) is 23.5 Å². The van der Waals surface area contributed by atoms with E-state index in [0.29, 0.717) is 21.8 Å². The lowest BCUT2D eigenvalue weighted by Gasteiger charge is -2.06. The molecule has 1 heterocycles. The van der Waals surface area contributed by atoms with Crippen molar-refractivity contribution in [1.29, 1.82) is 0 Å². The van der Waals surface area contributed by atoms with Gasteiger partial charge in [0.15, 0.2) is 0 Å². The fourth-order valence-electron chi connectivity index (χ4n) is 1.73. The Bertz CT molecular complexity index is 732. The van der Waals surface area contributed by atoms with Gasteiger partial charge >= 0.3 is 0 Å². The second-order valence-electron chi connectivity index (χ2n) is 4.41. The number of aromatic nitrogens is 1. The highest BCUT2D eigenvalue weighted by Crippen LogP contribution is 2.18. The number of carbonyl (C=O) groups excluding carboxylic acids is 1. The molecule has 3 N–H and O–H groups in total. The molecule has 21 heavy (non-hydrogen) atoms. The van der Waals surface area contributed by atoms with E-state index < -0.39 is 0 Å². The highest BCUT2D eigenvalue weighted by Gasteiger charge is 2.08. The van der Waals surface area contributed by atoms with Crippen molar-refractivity contribution in [2.24, 2.45) is 5.73 Å². The summed E-state index contributed by atoms with van der Waals surface area (Å²) in [5.74, 6) is 5.32. The molecular formula is C16H14ClN3O. The Morgan fingerprint density at radius 1 is 1.38 bits per heavy atom. The number of hydrogen-bond acceptors (Lipinski definition) is 3. The fourth-order valence-corrected chi connectivity index (χ4v) is 1.96. The maximum atomic E-state index is 12.1. The van der Waals surface area contributed by atoms with Gasteiger partial charge in [-0.25, -0.2) is 0 Å². The molecule has 5 heteroatoms. The lowest BCUT2D eigenvalue weighted by molar-refractivity contribution is 0.102. The van der Waals surface area contributed by atoms with Gasteiger partial charge < -0.3 is 11.1 Å². The molecule has 4 nitrogen and oxygen atoms in total. The van der Waals surface area contributed by atoms with Gasteiger partial charge in [0.1, 0.15) is 0 Å². The first kappa shape index (κ1) is 15.0. The minimum absolute atomic E-state index is 0.248. The molecule has 0 unspecified atom stereocenters. The maximum Gasteiger partial charge on any atom is 0.255 e. The molecule has 2 aromatic rings. The number of nitrogens with two attached hydrogens (primary N) is 1. The largest absolute Gasteiger partial charge is 0.321 e. The van der Waals surface area contributed by atoms with Crippen LogP contribution < -0.4 is 11.1 Å². The molecule has 0 aliphatic rings. The number of halogens is 1. The summed E-state index contributed by atoms with van der Waals surface area (Å²) in [5, 5.41) is 3.19. The number of amides is 1. The van der Waals surface area contributed by atoms with Crippen molar-refractivity contribution >= 4 is 23.2 Å². The minimum atomic E-state index is -0.248. The van der Waals surface area contributed by atoms with Gasteiger partial charge in [0, 0.05) is 17.3 Å². The summed E-state index contributed by atoms with van der Waals surface area (Å²) >= 11 is 6.10. The fraction of sp³-hybridized carbons (Fsp3) is 0.125. The van der Waals surface area contributed by atoms with E-state index in [1.165, 1.54) is 0 Å². The zero-order chi connectivity index (χ0) is 15.2. The Labute approximate surface area is 128 Å². The van der Waals surface area contributed by atoms with E-state index in [9.17, 15) is 4.79 Å². The molecule has 1 aromatic heterocycles. The summed E-state index contributed by atoms with van der Waals surface area (Å²) in [5.41, 5.74) is 8.04. The second-order valence-corrected chi connectivity index (χ2v) is 4.81. The van der Waals surface area contributed by atoms with Gasteiger partial charge in [-0.1, -0.05) is 23.4 Å². The van der Waals surface area contributed by atoms with Crippen molar-refractivity contribution < 1.29 is 4.79 Å². The lowest BCUT2D eigenvalue weighted by Crippen LogP contribution is -2.12. The molecule has 0 saturated carbocycles. The van der Waals surface area contributed by atoms with Gasteiger partial charge in [-0.3, -0.25) is 9.78 Å². The van der Waals surface area contributed by atoms with E-state index in [1.54, 1.807) is 30.6 Å². The number of nitrogens with one attached hydrogen (secondary N) is 1. The van der Waals surface area contributed by atoms with E-state index in [4.69, 9.17) is 17.3 Å². The summed E-state index contributed by atoms with van der Waals surface area (Å²) in [6, 6.07) is 6.80. The predicted molar refractivity (Wildman–Crippen MR) is 84.3 cm³/mol. The number of anilines is 1. The molecule has 0 spiro atoms. The standard InChI is InChI=1S/C16H14ClN3O/c1-11-7-14(10-19-9-11)20-16(21)13-5-4-12(3-2-6-18)15(17)8-13/h4-5,7-10H,6,18H2,1H3,(H,20,21). The number of hydrogen-bond donors (Lipinski definition) is 2. The van der Waals surface area contributed by atoms with Gasteiger partial charge in [0.2, 0.25) is 0 Å². The molecule has 0 saturated heterocycles. The van der Waals surface area contributed by atoms with Crippen LogP contribution in [0.2, 0.25) is 5.02 Å². The van der Waals surface area contributed by atoms with Crippen LogP contribution in [0.1, 0.15) is 21.5 Å². The Morgan fingerprint density at radius 2 is 2.19 bits per heavy atom. The van der Waals surface area contributed by atoms with Crippen molar-refractivity contribution in [2.75, 3.05) is 11.9 Å². The maximum absolute atomic E-state index is 12.1. The van der Waals surface area contributed by atoms with Gasteiger partial charge in [-0.2, -0.15) is 0 Å². The molecule has 0 aliphatic heterocycles. The lowest BCUT2D eigenvalue weighted by atomic mass is 10.1. The van der Waals surface area contributed by atoms with Crippen molar-refractivity contribution in [1.82, 2.24) is 4.98 Å². The molecule has 0 bridgehead atoms. The molecule has 0 radical (unpaired) electrons. The molecule has 2 rings (SSSR count). The Kier molecular flexibility index (Phi) is 4.94. The van der Waals surface area contributed by atoms with Crippen LogP contribution in [0.25, 0.3) is 0 Å².